The lowest BCUT2D eigenvalue weighted by Gasteiger charge is -2.65. The van der Waals surface area contributed by atoms with Crippen molar-refractivity contribution in [2.24, 2.45) is 11.3 Å². The first-order chi connectivity index (χ1) is 19.6. The van der Waals surface area contributed by atoms with Gasteiger partial charge in [-0.2, -0.15) is 0 Å². The van der Waals surface area contributed by atoms with Crippen LogP contribution >= 0.6 is 0 Å². The molecule has 0 spiro atoms. The molecule has 7 atom stereocenters. The number of rotatable bonds is 1. The number of nitrogens with one attached hydrogen (secondary N) is 1. The van der Waals surface area contributed by atoms with Crippen molar-refractivity contribution >= 4 is 22.6 Å². The SMILES string of the molecule is C=C(C)[C@@H]1O[C@H]2CC[C@@]3(C)[C@](O)(CC[C@H]4Cc5c([nH]c6cc7c(cc56)C=C5C7=CC(C)(C)OC5(C)C)[C@]43C)C2=C[C@H]1O. The minimum atomic E-state index is -1.04. The van der Waals surface area contributed by atoms with Crippen LogP contribution < -0.4 is 0 Å². The Labute approximate surface area is 249 Å². The molecule has 2 aromatic rings. The third kappa shape index (κ3) is 3.13. The fraction of sp³-hybridized carbons (Fsp3) is 0.568. The van der Waals surface area contributed by atoms with Crippen molar-refractivity contribution in [3.8, 4) is 0 Å². The second-order valence-corrected chi connectivity index (χ2v) is 15.7. The van der Waals surface area contributed by atoms with Crippen LogP contribution in [0.2, 0.25) is 0 Å². The van der Waals surface area contributed by atoms with E-state index in [0.29, 0.717) is 12.3 Å². The maximum atomic E-state index is 12.7. The Kier molecular flexibility index (Phi) is 5.16. The van der Waals surface area contributed by atoms with Crippen LogP contribution in [0.3, 0.4) is 0 Å². The van der Waals surface area contributed by atoms with Gasteiger partial charge in [-0.15, -0.1) is 0 Å². The number of H-pyrrole nitrogens is 1. The first-order valence-electron chi connectivity index (χ1n) is 15.9. The van der Waals surface area contributed by atoms with Crippen molar-refractivity contribution < 1.29 is 19.7 Å². The third-order valence-electron chi connectivity index (χ3n) is 12.5. The molecule has 0 saturated heterocycles. The summed E-state index contributed by atoms with van der Waals surface area (Å²) in [7, 11) is 0. The van der Waals surface area contributed by atoms with Crippen LogP contribution in [0, 0.1) is 11.3 Å². The molecule has 0 bridgehead atoms. The van der Waals surface area contributed by atoms with Gasteiger partial charge in [0.05, 0.1) is 22.9 Å². The summed E-state index contributed by atoms with van der Waals surface area (Å²) in [5.41, 5.74) is 8.36. The van der Waals surface area contributed by atoms with Gasteiger partial charge in [-0.3, -0.25) is 0 Å². The monoisotopic (exact) mass is 567 g/mol. The van der Waals surface area contributed by atoms with Crippen molar-refractivity contribution in [1.82, 2.24) is 4.98 Å². The molecule has 2 saturated carbocycles. The molecule has 3 N–H and O–H groups in total. The van der Waals surface area contributed by atoms with Gasteiger partial charge in [0, 0.05) is 27.4 Å². The number of hydrogen-bond acceptors (Lipinski definition) is 4. The number of aliphatic hydroxyl groups excluding tert-OH is 1. The van der Waals surface area contributed by atoms with Crippen molar-refractivity contribution in [1.29, 1.82) is 0 Å². The Hall–Kier alpha value is -2.44. The zero-order valence-electron chi connectivity index (χ0n) is 26.1. The molecule has 0 unspecified atom stereocenters. The van der Waals surface area contributed by atoms with Gasteiger partial charge in [-0.25, -0.2) is 0 Å². The van der Waals surface area contributed by atoms with E-state index in [1.807, 2.05) is 13.0 Å². The van der Waals surface area contributed by atoms with Crippen LogP contribution in [0.25, 0.3) is 22.6 Å². The first kappa shape index (κ1) is 27.1. The average Bonchev–Trinajstić information content (AvgIpc) is 3.52. The number of aliphatic hydroxyl groups is 2. The predicted octanol–water partition coefficient (Wildman–Crippen LogP) is 6.92. The topological polar surface area (TPSA) is 74.7 Å². The zero-order chi connectivity index (χ0) is 29.8. The van der Waals surface area contributed by atoms with Crippen LogP contribution in [-0.2, 0) is 21.3 Å². The van der Waals surface area contributed by atoms with Crippen LogP contribution in [0.5, 0.6) is 0 Å². The number of hydrogen-bond donors (Lipinski definition) is 3. The molecule has 3 heterocycles. The summed E-state index contributed by atoms with van der Waals surface area (Å²) in [6, 6.07) is 4.75. The molecule has 6 aliphatic rings. The smallest absolute Gasteiger partial charge is 0.108 e. The Bertz CT molecular complexity index is 1680. The number of ether oxygens (including phenoxy) is 2. The van der Waals surface area contributed by atoms with E-state index in [1.165, 1.54) is 44.4 Å². The van der Waals surface area contributed by atoms with Crippen molar-refractivity contribution in [3.05, 3.63) is 70.0 Å². The van der Waals surface area contributed by atoms with Gasteiger partial charge < -0.3 is 24.7 Å². The normalized spacial score (nSPS) is 40.5. The summed E-state index contributed by atoms with van der Waals surface area (Å²) in [5, 5.41) is 25.1. The van der Waals surface area contributed by atoms with Crippen LogP contribution in [-0.4, -0.2) is 50.3 Å². The number of aromatic amines is 1. The van der Waals surface area contributed by atoms with E-state index >= 15 is 0 Å². The van der Waals surface area contributed by atoms with E-state index in [1.54, 1.807) is 0 Å². The molecular weight excluding hydrogens is 522 g/mol. The fourth-order valence-corrected chi connectivity index (χ4v) is 10.4. The molecule has 8 rings (SSSR count). The number of benzene rings is 1. The molecular formula is C37H45NO4. The highest BCUT2D eigenvalue weighted by Crippen LogP contribution is 2.69. The Morgan fingerprint density at radius 3 is 2.57 bits per heavy atom. The molecule has 5 heteroatoms. The van der Waals surface area contributed by atoms with Gasteiger partial charge in [-0.05, 0) is 142 Å². The lowest BCUT2D eigenvalue weighted by molar-refractivity contribution is -0.185. The molecule has 42 heavy (non-hydrogen) atoms. The summed E-state index contributed by atoms with van der Waals surface area (Å²) in [5.74, 6) is 0.452. The van der Waals surface area contributed by atoms with E-state index in [2.05, 4.69) is 77.4 Å². The maximum absolute atomic E-state index is 12.7. The van der Waals surface area contributed by atoms with E-state index < -0.39 is 23.2 Å². The van der Waals surface area contributed by atoms with Crippen molar-refractivity contribution in [2.75, 3.05) is 0 Å². The lowest BCUT2D eigenvalue weighted by Crippen LogP contribution is -2.67. The van der Waals surface area contributed by atoms with Crippen molar-refractivity contribution in [3.63, 3.8) is 0 Å². The third-order valence-corrected chi connectivity index (χ3v) is 12.5. The number of fused-ring (bicyclic) bond motifs is 12. The number of aromatic nitrogens is 1. The van der Waals surface area contributed by atoms with Gasteiger partial charge in [0.1, 0.15) is 12.2 Å². The van der Waals surface area contributed by atoms with Crippen molar-refractivity contribution in [2.45, 2.75) is 121 Å². The second-order valence-electron chi connectivity index (χ2n) is 15.7. The first-order valence-corrected chi connectivity index (χ1v) is 15.9. The largest absolute Gasteiger partial charge is 0.386 e. The summed E-state index contributed by atoms with van der Waals surface area (Å²) in [6.07, 6.45) is 9.52. The molecule has 2 aliphatic heterocycles. The standard InChI is InChI=1S/C37H45NO4/c1-19(2)31-29(39)17-27-30(41-31)10-11-35(7)36(8)21(9-12-37(27,35)40)15-24-23-13-20-14-26-25(18-33(3,4)42-34(26,5)6)22(20)16-28(23)38-32(24)36/h13-14,16-18,21,29-31,38-40H,1,9-12,15H2,2-8H3/t21-,29+,30-,31-,35+,36-,37-/m0/s1. The molecule has 1 aromatic heterocycles. The van der Waals surface area contributed by atoms with E-state index in [0.717, 1.165) is 36.8 Å². The van der Waals surface area contributed by atoms with E-state index in [9.17, 15) is 10.2 Å². The van der Waals surface area contributed by atoms with Gasteiger partial charge in [0.25, 0.3) is 0 Å². The molecule has 0 amide bonds. The highest BCUT2D eigenvalue weighted by atomic mass is 16.5. The quantitative estimate of drug-likeness (QED) is 0.327. The fourth-order valence-electron chi connectivity index (χ4n) is 10.4. The molecule has 4 aliphatic carbocycles. The molecule has 222 valence electrons. The van der Waals surface area contributed by atoms with Gasteiger partial charge in [-0.1, -0.05) is 20.4 Å². The van der Waals surface area contributed by atoms with Crippen LogP contribution in [0.4, 0.5) is 0 Å². The summed E-state index contributed by atoms with van der Waals surface area (Å²) < 4.78 is 12.9. The van der Waals surface area contributed by atoms with Gasteiger partial charge in [0.2, 0.25) is 0 Å². The van der Waals surface area contributed by atoms with E-state index in [4.69, 9.17) is 9.47 Å². The minimum absolute atomic E-state index is 0.179. The Morgan fingerprint density at radius 1 is 1.07 bits per heavy atom. The molecule has 2 fully saturated rings. The van der Waals surface area contributed by atoms with E-state index in [-0.39, 0.29) is 22.7 Å². The maximum Gasteiger partial charge on any atom is 0.108 e. The summed E-state index contributed by atoms with van der Waals surface area (Å²) in [4.78, 5) is 3.96. The van der Waals surface area contributed by atoms with Gasteiger partial charge >= 0.3 is 0 Å². The van der Waals surface area contributed by atoms with Gasteiger partial charge in [0.15, 0.2) is 0 Å². The summed E-state index contributed by atoms with van der Waals surface area (Å²) >= 11 is 0. The second kappa shape index (κ2) is 7.98. The van der Waals surface area contributed by atoms with Crippen LogP contribution in [0.15, 0.2) is 47.6 Å². The minimum Gasteiger partial charge on any atom is -0.386 e. The Morgan fingerprint density at radius 2 is 1.83 bits per heavy atom. The molecule has 5 nitrogen and oxygen atoms in total. The zero-order valence-corrected chi connectivity index (χ0v) is 26.1. The van der Waals surface area contributed by atoms with Crippen LogP contribution in [0.1, 0.15) is 96.5 Å². The highest BCUT2D eigenvalue weighted by molar-refractivity contribution is 6.02. The molecule has 0 radical (unpaired) electrons. The predicted molar refractivity (Wildman–Crippen MR) is 167 cm³/mol. The molecule has 1 aromatic carbocycles. The Balaban J connectivity index is 1.26. The summed E-state index contributed by atoms with van der Waals surface area (Å²) in [6.45, 7) is 19.3. The average molecular weight is 568 g/mol. The highest BCUT2D eigenvalue weighted by Gasteiger charge is 2.70. The lowest BCUT2D eigenvalue weighted by atomic mass is 9.42.